The molecule has 0 saturated carbocycles. The number of rotatable bonds is 8. The standard InChI is InChI=1S/C23H23Cl2N3O2S/c24-18-9-8-17(20(25)11-18)12-26-22(29)15-31-23-27-13-21(16-5-2-1-3-6-16)28(23)14-19-7-4-10-30-19/h1-3,5-6,8-9,11,13,19H,4,7,10,12,14-15H2,(H,26,29). The molecule has 4 rings (SSSR count). The van der Waals surface area contributed by atoms with Crippen LogP contribution in [0.3, 0.4) is 0 Å². The van der Waals surface area contributed by atoms with Crippen LogP contribution in [0.5, 0.6) is 0 Å². The first-order valence-corrected chi connectivity index (χ1v) is 11.9. The first-order chi connectivity index (χ1) is 15.1. The summed E-state index contributed by atoms with van der Waals surface area (Å²) < 4.78 is 8.01. The number of imidazole rings is 1. The van der Waals surface area contributed by atoms with E-state index in [4.69, 9.17) is 27.9 Å². The zero-order valence-electron chi connectivity index (χ0n) is 16.9. The number of thioether (sulfide) groups is 1. The highest BCUT2D eigenvalue weighted by atomic mass is 35.5. The van der Waals surface area contributed by atoms with Gasteiger partial charge >= 0.3 is 0 Å². The van der Waals surface area contributed by atoms with Gasteiger partial charge in [0, 0.05) is 23.2 Å². The number of halogens is 2. The first-order valence-electron chi connectivity index (χ1n) is 10.2. The Balaban J connectivity index is 1.42. The number of amides is 1. The highest BCUT2D eigenvalue weighted by molar-refractivity contribution is 7.99. The molecule has 31 heavy (non-hydrogen) atoms. The van der Waals surface area contributed by atoms with Gasteiger partial charge in [0.15, 0.2) is 5.16 Å². The number of carbonyl (C=O) groups is 1. The topological polar surface area (TPSA) is 56.2 Å². The fourth-order valence-electron chi connectivity index (χ4n) is 3.52. The monoisotopic (exact) mass is 475 g/mol. The minimum absolute atomic E-state index is 0.0797. The normalized spacial score (nSPS) is 15.9. The Morgan fingerprint density at radius 1 is 1.23 bits per heavy atom. The molecule has 1 fully saturated rings. The molecule has 1 atom stereocenters. The molecule has 0 aliphatic carbocycles. The molecular formula is C23H23Cl2N3O2S. The maximum Gasteiger partial charge on any atom is 0.230 e. The number of aromatic nitrogens is 2. The lowest BCUT2D eigenvalue weighted by Gasteiger charge is -2.16. The summed E-state index contributed by atoms with van der Waals surface area (Å²) >= 11 is 13.5. The number of hydrogen-bond donors (Lipinski definition) is 1. The second-order valence-corrected chi connectivity index (χ2v) is 9.12. The Kier molecular flexibility index (Phi) is 7.56. The van der Waals surface area contributed by atoms with Crippen molar-refractivity contribution in [1.29, 1.82) is 0 Å². The molecule has 1 saturated heterocycles. The largest absolute Gasteiger partial charge is 0.376 e. The van der Waals surface area contributed by atoms with Crippen molar-refractivity contribution in [3.63, 3.8) is 0 Å². The van der Waals surface area contributed by atoms with Gasteiger partial charge in [0.25, 0.3) is 0 Å². The van der Waals surface area contributed by atoms with Gasteiger partial charge in [0.1, 0.15) is 0 Å². The Morgan fingerprint density at radius 3 is 2.81 bits per heavy atom. The molecule has 1 aliphatic heterocycles. The fraction of sp³-hybridized carbons (Fsp3) is 0.304. The Labute approximate surface area is 196 Å². The average Bonchev–Trinajstić information content (AvgIpc) is 3.43. The number of carbonyl (C=O) groups excluding carboxylic acids is 1. The summed E-state index contributed by atoms with van der Waals surface area (Å²) in [5.74, 6) is 0.186. The van der Waals surface area contributed by atoms with Gasteiger partial charge in [-0.05, 0) is 36.1 Å². The van der Waals surface area contributed by atoms with E-state index in [9.17, 15) is 4.79 Å². The Hall–Kier alpha value is -1.99. The maximum atomic E-state index is 12.4. The zero-order chi connectivity index (χ0) is 21.6. The quantitative estimate of drug-likeness (QED) is 0.440. The van der Waals surface area contributed by atoms with Crippen molar-refractivity contribution in [2.45, 2.75) is 37.2 Å². The Morgan fingerprint density at radius 2 is 2.06 bits per heavy atom. The lowest BCUT2D eigenvalue weighted by atomic mass is 10.1. The predicted molar refractivity (Wildman–Crippen MR) is 126 cm³/mol. The van der Waals surface area contributed by atoms with Gasteiger partial charge in [-0.2, -0.15) is 0 Å². The van der Waals surface area contributed by atoms with E-state index in [0.29, 0.717) is 16.6 Å². The van der Waals surface area contributed by atoms with Gasteiger partial charge in [0.05, 0.1) is 30.3 Å². The van der Waals surface area contributed by atoms with Crippen molar-refractivity contribution in [2.75, 3.05) is 12.4 Å². The molecule has 1 aliphatic rings. The van der Waals surface area contributed by atoms with Crippen LogP contribution in [0.15, 0.2) is 59.9 Å². The van der Waals surface area contributed by atoms with E-state index in [0.717, 1.165) is 48.0 Å². The molecule has 1 aromatic heterocycles. The maximum absolute atomic E-state index is 12.4. The van der Waals surface area contributed by atoms with Gasteiger partial charge < -0.3 is 14.6 Å². The van der Waals surface area contributed by atoms with E-state index in [1.54, 1.807) is 12.1 Å². The Bertz CT molecular complexity index is 1040. The molecule has 3 aromatic rings. The van der Waals surface area contributed by atoms with Crippen LogP contribution in [0.1, 0.15) is 18.4 Å². The third kappa shape index (κ3) is 5.83. The summed E-state index contributed by atoms with van der Waals surface area (Å²) in [5.41, 5.74) is 2.96. The molecule has 1 unspecified atom stereocenters. The third-order valence-corrected chi connectivity index (χ3v) is 6.70. The fourth-order valence-corrected chi connectivity index (χ4v) is 4.82. The predicted octanol–water partition coefficient (Wildman–Crippen LogP) is 5.44. The van der Waals surface area contributed by atoms with Gasteiger partial charge in [-0.1, -0.05) is 71.4 Å². The van der Waals surface area contributed by atoms with E-state index in [1.807, 2.05) is 30.5 Å². The van der Waals surface area contributed by atoms with Crippen LogP contribution in [0, 0.1) is 0 Å². The summed E-state index contributed by atoms with van der Waals surface area (Å²) in [4.78, 5) is 17.0. The zero-order valence-corrected chi connectivity index (χ0v) is 19.2. The van der Waals surface area contributed by atoms with E-state index in [1.165, 1.54) is 11.8 Å². The van der Waals surface area contributed by atoms with Gasteiger partial charge in [0.2, 0.25) is 5.91 Å². The molecule has 0 bridgehead atoms. The molecule has 5 nitrogen and oxygen atoms in total. The number of hydrogen-bond acceptors (Lipinski definition) is 4. The second kappa shape index (κ2) is 10.6. The van der Waals surface area contributed by atoms with E-state index in [-0.39, 0.29) is 17.8 Å². The van der Waals surface area contributed by atoms with Crippen LogP contribution in [0.4, 0.5) is 0 Å². The minimum atomic E-state index is -0.0797. The van der Waals surface area contributed by atoms with Crippen molar-refractivity contribution in [1.82, 2.24) is 14.9 Å². The molecule has 8 heteroatoms. The van der Waals surface area contributed by atoms with Crippen LogP contribution >= 0.6 is 35.0 Å². The lowest BCUT2D eigenvalue weighted by molar-refractivity contribution is -0.118. The van der Waals surface area contributed by atoms with Gasteiger partial charge in [-0.3, -0.25) is 4.79 Å². The van der Waals surface area contributed by atoms with Crippen LogP contribution in [-0.2, 0) is 22.6 Å². The van der Waals surface area contributed by atoms with Crippen LogP contribution in [-0.4, -0.2) is 33.9 Å². The second-order valence-electron chi connectivity index (χ2n) is 7.34. The van der Waals surface area contributed by atoms with Crippen molar-refractivity contribution < 1.29 is 9.53 Å². The number of benzene rings is 2. The number of nitrogens with one attached hydrogen (secondary N) is 1. The third-order valence-electron chi connectivity index (χ3n) is 5.12. The molecule has 162 valence electrons. The number of ether oxygens (including phenoxy) is 1. The van der Waals surface area contributed by atoms with Crippen LogP contribution in [0.25, 0.3) is 11.3 Å². The summed E-state index contributed by atoms with van der Waals surface area (Å²) in [6, 6.07) is 15.4. The first kappa shape index (κ1) is 22.2. The van der Waals surface area contributed by atoms with Crippen molar-refractivity contribution in [3.8, 4) is 11.3 Å². The number of nitrogens with zero attached hydrogens (tertiary/aromatic N) is 2. The van der Waals surface area contributed by atoms with E-state index in [2.05, 4.69) is 27.0 Å². The minimum Gasteiger partial charge on any atom is -0.376 e. The van der Waals surface area contributed by atoms with Crippen LogP contribution < -0.4 is 5.32 Å². The summed E-state index contributed by atoms with van der Waals surface area (Å²) in [6.07, 6.45) is 4.17. The summed E-state index contributed by atoms with van der Waals surface area (Å²) in [6.45, 7) is 1.89. The average molecular weight is 476 g/mol. The molecule has 1 amide bonds. The van der Waals surface area contributed by atoms with Crippen molar-refractivity contribution in [3.05, 3.63) is 70.3 Å². The molecular weight excluding hydrogens is 453 g/mol. The van der Waals surface area contributed by atoms with Gasteiger partial charge in [-0.15, -0.1) is 0 Å². The molecule has 2 heterocycles. The summed E-state index contributed by atoms with van der Waals surface area (Å²) in [7, 11) is 0. The van der Waals surface area contributed by atoms with E-state index >= 15 is 0 Å². The van der Waals surface area contributed by atoms with Crippen molar-refractivity contribution >= 4 is 40.9 Å². The van der Waals surface area contributed by atoms with Gasteiger partial charge in [-0.25, -0.2) is 4.98 Å². The molecule has 0 spiro atoms. The lowest BCUT2D eigenvalue weighted by Crippen LogP contribution is -2.25. The summed E-state index contributed by atoms with van der Waals surface area (Å²) in [5, 5.41) is 4.84. The molecule has 1 N–H and O–H groups in total. The highest BCUT2D eigenvalue weighted by Gasteiger charge is 2.21. The molecule has 2 aromatic carbocycles. The SMILES string of the molecule is O=C(CSc1ncc(-c2ccccc2)n1CC1CCCO1)NCc1ccc(Cl)cc1Cl. The van der Waals surface area contributed by atoms with Crippen LogP contribution in [0.2, 0.25) is 10.0 Å². The van der Waals surface area contributed by atoms with E-state index < -0.39 is 0 Å². The highest BCUT2D eigenvalue weighted by Crippen LogP contribution is 2.28. The molecule has 0 radical (unpaired) electrons. The smallest absolute Gasteiger partial charge is 0.230 e. The van der Waals surface area contributed by atoms with Crippen molar-refractivity contribution in [2.24, 2.45) is 0 Å².